The Labute approximate surface area is 235 Å². The molecule has 220 valence electrons. The monoisotopic (exact) mass is 570 g/mol. The predicted molar refractivity (Wildman–Crippen MR) is 146 cm³/mol. The van der Waals surface area contributed by atoms with E-state index in [-0.39, 0.29) is 31.4 Å². The minimum absolute atomic E-state index is 0.0344. The summed E-state index contributed by atoms with van der Waals surface area (Å²) in [5.41, 5.74) is 17.7. The van der Waals surface area contributed by atoms with Crippen LogP contribution in [0.3, 0.4) is 0 Å². The Hall–Kier alpha value is -4.98. The molecule has 0 bridgehead atoms. The number of carbonyl (C=O) groups is 6. The summed E-state index contributed by atoms with van der Waals surface area (Å²) in [7, 11) is 0. The van der Waals surface area contributed by atoms with Gasteiger partial charge in [-0.1, -0.05) is 42.5 Å². The molecule has 0 spiro atoms. The molecule has 2 aromatic rings. The molecule has 0 aromatic heterocycles. The van der Waals surface area contributed by atoms with Crippen molar-refractivity contribution in [2.45, 2.75) is 56.3 Å². The summed E-state index contributed by atoms with van der Waals surface area (Å²) in [4.78, 5) is 73.7. The highest BCUT2D eigenvalue weighted by Gasteiger charge is 2.31. The van der Waals surface area contributed by atoms with Crippen LogP contribution in [0.4, 0.5) is 0 Å². The molecule has 14 heteroatoms. The number of hydrogen-bond acceptors (Lipinski definition) is 8. The van der Waals surface area contributed by atoms with Crippen LogP contribution >= 0.6 is 0 Å². The van der Waals surface area contributed by atoms with E-state index in [1.807, 2.05) is 0 Å². The number of aromatic hydroxyl groups is 1. The number of amides is 5. The second kappa shape index (κ2) is 15.6. The fraction of sp³-hybridized carbons (Fsp3) is 0.333. The van der Waals surface area contributed by atoms with E-state index in [0.29, 0.717) is 5.56 Å². The Balaban J connectivity index is 2.15. The van der Waals surface area contributed by atoms with Gasteiger partial charge < -0.3 is 43.4 Å². The van der Waals surface area contributed by atoms with Crippen LogP contribution < -0.4 is 33.2 Å². The highest BCUT2D eigenvalue weighted by Crippen LogP contribution is 2.12. The lowest BCUT2D eigenvalue weighted by molar-refractivity contribution is -0.142. The molecule has 0 saturated heterocycles. The molecule has 5 amide bonds. The Morgan fingerprint density at radius 3 is 1.78 bits per heavy atom. The number of phenols is 1. The highest BCUT2D eigenvalue weighted by molar-refractivity contribution is 5.96. The second-order valence-electron chi connectivity index (χ2n) is 9.36. The number of carboxylic acids is 1. The SMILES string of the molecule is NC(=O)CCC(NC(=O)C(N)Cc1ccccc1)C(=O)NC(CC(N)=O)C(=O)NC(Cc1ccc(O)cc1)C(=O)O. The number of carboxylic acid groups (broad SMARTS) is 1. The second-order valence-corrected chi connectivity index (χ2v) is 9.36. The van der Waals surface area contributed by atoms with Crippen molar-refractivity contribution in [1.82, 2.24) is 16.0 Å². The van der Waals surface area contributed by atoms with E-state index in [2.05, 4.69) is 16.0 Å². The number of benzene rings is 2. The van der Waals surface area contributed by atoms with Crippen LogP contribution in [0, 0.1) is 0 Å². The van der Waals surface area contributed by atoms with Gasteiger partial charge in [0.05, 0.1) is 12.5 Å². The van der Waals surface area contributed by atoms with Gasteiger partial charge in [-0.3, -0.25) is 24.0 Å². The molecule has 0 radical (unpaired) electrons. The van der Waals surface area contributed by atoms with E-state index in [1.165, 1.54) is 24.3 Å². The number of carbonyl (C=O) groups excluding carboxylic acids is 5. The van der Waals surface area contributed by atoms with E-state index in [1.54, 1.807) is 30.3 Å². The predicted octanol–water partition coefficient (Wildman–Crippen LogP) is -1.82. The number of hydrogen-bond donors (Lipinski definition) is 8. The molecule has 11 N–H and O–H groups in total. The molecule has 41 heavy (non-hydrogen) atoms. The summed E-state index contributed by atoms with van der Waals surface area (Å²) < 4.78 is 0. The Morgan fingerprint density at radius 2 is 1.22 bits per heavy atom. The summed E-state index contributed by atoms with van der Waals surface area (Å²) in [5.74, 6) is -5.84. The Morgan fingerprint density at radius 1 is 0.683 bits per heavy atom. The largest absolute Gasteiger partial charge is 0.508 e. The zero-order valence-electron chi connectivity index (χ0n) is 22.1. The van der Waals surface area contributed by atoms with E-state index >= 15 is 0 Å². The minimum atomic E-state index is -1.60. The van der Waals surface area contributed by atoms with Crippen molar-refractivity contribution in [3.63, 3.8) is 0 Å². The van der Waals surface area contributed by atoms with Crippen molar-refractivity contribution >= 4 is 35.5 Å². The van der Waals surface area contributed by atoms with Gasteiger partial charge in [0.25, 0.3) is 0 Å². The number of phenolic OH excluding ortho intramolecular Hbond substituents is 1. The minimum Gasteiger partial charge on any atom is -0.508 e. The molecule has 0 heterocycles. The molecular formula is C27H34N6O8. The number of rotatable bonds is 16. The average Bonchev–Trinajstić information content (AvgIpc) is 2.91. The van der Waals surface area contributed by atoms with Gasteiger partial charge in [-0.2, -0.15) is 0 Å². The van der Waals surface area contributed by atoms with Crippen molar-refractivity contribution in [2.24, 2.45) is 17.2 Å². The lowest BCUT2D eigenvalue weighted by Gasteiger charge is -2.24. The Bertz CT molecular complexity index is 1240. The molecule has 4 unspecified atom stereocenters. The third-order valence-electron chi connectivity index (χ3n) is 5.98. The zero-order valence-corrected chi connectivity index (χ0v) is 22.1. The maximum atomic E-state index is 13.1. The van der Waals surface area contributed by atoms with Crippen molar-refractivity contribution in [3.05, 3.63) is 65.7 Å². The first-order valence-corrected chi connectivity index (χ1v) is 12.6. The van der Waals surface area contributed by atoms with Gasteiger partial charge in [0.2, 0.25) is 29.5 Å². The first kappa shape index (κ1) is 32.2. The molecule has 2 aromatic carbocycles. The summed E-state index contributed by atoms with van der Waals surface area (Å²) in [5, 5.41) is 26.0. The van der Waals surface area contributed by atoms with Crippen LogP contribution in [0.2, 0.25) is 0 Å². The fourth-order valence-electron chi connectivity index (χ4n) is 3.82. The molecule has 2 rings (SSSR count). The molecule has 0 aliphatic carbocycles. The van der Waals surface area contributed by atoms with E-state index < -0.39 is 66.1 Å². The molecular weight excluding hydrogens is 536 g/mol. The Kier molecular flexibility index (Phi) is 12.2. The quantitative estimate of drug-likeness (QED) is 0.113. The lowest BCUT2D eigenvalue weighted by atomic mass is 10.0. The standard InChI is InChI=1S/C27H34N6O8/c28-18(12-15-4-2-1-3-5-15)24(37)31-19(10-11-22(29)35)25(38)32-20(14-23(30)36)26(39)33-21(27(40)41)13-16-6-8-17(34)9-7-16/h1-9,18-21,34H,10-14,28H2,(H2,29,35)(H2,30,36)(H,31,37)(H,32,38)(H,33,39)(H,40,41). The normalized spacial score (nSPS) is 13.6. The topological polar surface area (TPSA) is 257 Å². The van der Waals surface area contributed by atoms with Gasteiger partial charge in [0.15, 0.2) is 0 Å². The van der Waals surface area contributed by atoms with Crippen molar-refractivity contribution < 1.29 is 39.0 Å². The smallest absolute Gasteiger partial charge is 0.326 e. The van der Waals surface area contributed by atoms with Gasteiger partial charge >= 0.3 is 5.97 Å². The van der Waals surface area contributed by atoms with Gasteiger partial charge in [0, 0.05) is 12.8 Å². The van der Waals surface area contributed by atoms with Crippen LogP contribution in [0.5, 0.6) is 5.75 Å². The fourth-order valence-corrected chi connectivity index (χ4v) is 3.82. The zero-order chi connectivity index (χ0) is 30.5. The van der Waals surface area contributed by atoms with E-state index in [4.69, 9.17) is 17.2 Å². The lowest BCUT2D eigenvalue weighted by Crippen LogP contribution is -2.58. The third-order valence-corrected chi connectivity index (χ3v) is 5.98. The number of primary amides is 2. The van der Waals surface area contributed by atoms with Gasteiger partial charge in [-0.25, -0.2) is 4.79 Å². The molecule has 0 aliphatic heterocycles. The molecule has 0 aliphatic rings. The molecule has 0 fully saturated rings. The van der Waals surface area contributed by atoms with Crippen LogP contribution in [0.1, 0.15) is 30.4 Å². The summed E-state index contributed by atoms with van der Waals surface area (Å²) in [6.45, 7) is 0. The van der Waals surface area contributed by atoms with Crippen molar-refractivity contribution in [2.75, 3.05) is 0 Å². The number of nitrogens with one attached hydrogen (secondary N) is 3. The number of nitrogens with two attached hydrogens (primary N) is 3. The van der Waals surface area contributed by atoms with Crippen LogP contribution in [0.25, 0.3) is 0 Å². The average molecular weight is 571 g/mol. The van der Waals surface area contributed by atoms with E-state index in [9.17, 15) is 39.0 Å². The van der Waals surface area contributed by atoms with Gasteiger partial charge in [-0.05, 0) is 36.1 Å². The third kappa shape index (κ3) is 11.3. The van der Waals surface area contributed by atoms with Gasteiger partial charge in [-0.15, -0.1) is 0 Å². The molecule has 4 atom stereocenters. The maximum absolute atomic E-state index is 13.1. The van der Waals surface area contributed by atoms with Crippen LogP contribution in [-0.2, 0) is 41.6 Å². The first-order chi connectivity index (χ1) is 19.3. The molecule has 0 saturated carbocycles. The van der Waals surface area contributed by atoms with Crippen LogP contribution in [0.15, 0.2) is 54.6 Å². The summed E-state index contributed by atoms with van der Waals surface area (Å²) >= 11 is 0. The van der Waals surface area contributed by atoms with Crippen molar-refractivity contribution in [3.8, 4) is 5.75 Å². The van der Waals surface area contributed by atoms with Crippen molar-refractivity contribution in [1.29, 1.82) is 0 Å². The highest BCUT2D eigenvalue weighted by atomic mass is 16.4. The van der Waals surface area contributed by atoms with E-state index in [0.717, 1.165) is 5.56 Å². The summed E-state index contributed by atoms with van der Waals surface area (Å²) in [6, 6.07) is 9.01. The van der Waals surface area contributed by atoms with Gasteiger partial charge in [0.1, 0.15) is 23.9 Å². The summed E-state index contributed by atoms with van der Waals surface area (Å²) in [6.07, 6.45) is -1.25. The van der Waals surface area contributed by atoms with Crippen LogP contribution in [-0.4, -0.2) is 69.9 Å². The molecule has 14 nitrogen and oxygen atoms in total. The number of aliphatic carboxylic acids is 1. The maximum Gasteiger partial charge on any atom is 0.326 e. The first-order valence-electron chi connectivity index (χ1n) is 12.6.